The van der Waals surface area contributed by atoms with Gasteiger partial charge in [-0.05, 0) is 49.7 Å². The summed E-state index contributed by atoms with van der Waals surface area (Å²) in [4.78, 5) is 6.84. The zero-order valence-electron chi connectivity index (χ0n) is 15.4. The summed E-state index contributed by atoms with van der Waals surface area (Å²) >= 11 is 0. The lowest BCUT2D eigenvalue weighted by atomic mass is 10.1. The molecular weight excluding hydrogens is 439 g/mol. The second kappa shape index (κ2) is 11.2. The lowest BCUT2D eigenvalue weighted by Gasteiger charge is -2.26. The molecule has 1 aromatic heterocycles. The Bertz CT molecular complexity index is 664. The van der Waals surface area contributed by atoms with E-state index in [9.17, 15) is 0 Å². The third-order valence-electron chi connectivity index (χ3n) is 4.53. The van der Waals surface area contributed by atoms with E-state index >= 15 is 0 Å². The minimum Gasteiger partial charge on any atom is -0.355 e. The maximum atomic E-state index is 4.32. The third-order valence-corrected chi connectivity index (χ3v) is 4.53. The molecule has 0 saturated carbocycles. The SMILES string of the molecule is CN=C(NCCN1CCCCC1)NCc1cccc(-n2cccn2)c1.I. The van der Waals surface area contributed by atoms with Crippen molar-refractivity contribution in [2.75, 3.05) is 33.2 Å². The highest BCUT2D eigenvalue weighted by Gasteiger charge is 2.09. The van der Waals surface area contributed by atoms with Crippen LogP contribution in [0.25, 0.3) is 5.69 Å². The fourth-order valence-electron chi connectivity index (χ4n) is 3.15. The van der Waals surface area contributed by atoms with Gasteiger partial charge in [-0.3, -0.25) is 4.99 Å². The topological polar surface area (TPSA) is 57.5 Å². The van der Waals surface area contributed by atoms with Gasteiger partial charge in [-0.15, -0.1) is 24.0 Å². The Balaban J connectivity index is 0.00000243. The smallest absolute Gasteiger partial charge is 0.191 e. The molecule has 1 aliphatic heterocycles. The van der Waals surface area contributed by atoms with Crippen molar-refractivity contribution in [3.63, 3.8) is 0 Å². The van der Waals surface area contributed by atoms with Gasteiger partial charge < -0.3 is 15.5 Å². The van der Waals surface area contributed by atoms with E-state index in [2.05, 4.69) is 49.9 Å². The number of halogens is 1. The molecule has 0 aliphatic carbocycles. The van der Waals surface area contributed by atoms with Crippen LogP contribution in [0.2, 0.25) is 0 Å². The molecule has 7 heteroatoms. The van der Waals surface area contributed by atoms with Gasteiger partial charge in [0.15, 0.2) is 5.96 Å². The normalized spacial score (nSPS) is 15.3. The molecule has 0 radical (unpaired) electrons. The van der Waals surface area contributed by atoms with Crippen LogP contribution >= 0.6 is 24.0 Å². The highest BCUT2D eigenvalue weighted by Crippen LogP contribution is 2.09. The molecule has 0 spiro atoms. The van der Waals surface area contributed by atoms with Gasteiger partial charge in [0, 0.05) is 39.1 Å². The number of hydrogen-bond donors (Lipinski definition) is 2. The van der Waals surface area contributed by atoms with Gasteiger partial charge in [-0.1, -0.05) is 18.6 Å². The molecule has 0 bridgehead atoms. The summed E-state index contributed by atoms with van der Waals surface area (Å²) < 4.78 is 1.87. The van der Waals surface area contributed by atoms with E-state index < -0.39 is 0 Å². The average molecular weight is 468 g/mol. The molecule has 26 heavy (non-hydrogen) atoms. The molecule has 1 fully saturated rings. The van der Waals surface area contributed by atoms with Gasteiger partial charge in [0.25, 0.3) is 0 Å². The van der Waals surface area contributed by atoms with Gasteiger partial charge >= 0.3 is 0 Å². The first kappa shape index (κ1) is 20.7. The molecular formula is C19H29IN6. The summed E-state index contributed by atoms with van der Waals surface area (Å²) in [5.41, 5.74) is 2.27. The van der Waals surface area contributed by atoms with E-state index in [4.69, 9.17) is 0 Å². The first-order valence-electron chi connectivity index (χ1n) is 9.11. The lowest BCUT2D eigenvalue weighted by molar-refractivity contribution is 0.232. The van der Waals surface area contributed by atoms with Crippen LogP contribution in [-0.2, 0) is 6.54 Å². The fraction of sp³-hybridized carbons (Fsp3) is 0.474. The molecule has 142 valence electrons. The lowest BCUT2D eigenvalue weighted by Crippen LogP contribution is -2.42. The Hall–Kier alpha value is -1.61. The number of nitrogens with zero attached hydrogens (tertiary/aromatic N) is 4. The minimum atomic E-state index is 0. The van der Waals surface area contributed by atoms with Crippen molar-refractivity contribution in [2.45, 2.75) is 25.8 Å². The Kier molecular flexibility index (Phi) is 8.90. The maximum absolute atomic E-state index is 4.32. The second-order valence-electron chi connectivity index (χ2n) is 6.38. The van der Waals surface area contributed by atoms with Crippen LogP contribution in [0.4, 0.5) is 0 Å². The van der Waals surface area contributed by atoms with Gasteiger partial charge in [-0.2, -0.15) is 5.10 Å². The summed E-state index contributed by atoms with van der Waals surface area (Å²) in [5, 5.41) is 11.1. The van der Waals surface area contributed by atoms with E-state index in [1.165, 1.54) is 37.9 Å². The first-order valence-corrected chi connectivity index (χ1v) is 9.11. The van der Waals surface area contributed by atoms with Gasteiger partial charge in [0.1, 0.15) is 0 Å². The van der Waals surface area contributed by atoms with E-state index in [0.29, 0.717) is 0 Å². The fourth-order valence-corrected chi connectivity index (χ4v) is 3.15. The number of benzene rings is 1. The van der Waals surface area contributed by atoms with Gasteiger partial charge in [-0.25, -0.2) is 4.68 Å². The summed E-state index contributed by atoms with van der Waals surface area (Å²) in [7, 11) is 1.82. The molecule has 2 aromatic rings. The number of guanidine groups is 1. The van der Waals surface area contributed by atoms with Crippen molar-refractivity contribution < 1.29 is 0 Å². The van der Waals surface area contributed by atoms with E-state index in [1.54, 1.807) is 6.20 Å². The number of aliphatic imine (C=N–C) groups is 1. The van der Waals surface area contributed by atoms with Crippen LogP contribution in [0.15, 0.2) is 47.7 Å². The van der Waals surface area contributed by atoms with Crippen LogP contribution in [0, 0.1) is 0 Å². The minimum absolute atomic E-state index is 0. The van der Waals surface area contributed by atoms with Crippen molar-refractivity contribution in [1.29, 1.82) is 0 Å². The molecule has 1 aromatic carbocycles. The zero-order valence-corrected chi connectivity index (χ0v) is 17.7. The molecule has 6 nitrogen and oxygen atoms in total. The van der Waals surface area contributed by atoms with Crippen LogP contribution in [0.1, 0.15) is 24.8 Å². The van der Waals surface area contributed by atoms with E-state index in [1.807, 2.05) is 24.0 Å². The number of hydrogen-bond acceptors (Lipinski definition) is 3. The van der Waals surface area contributed by atoms with E-state index in [-0.39, 0.29) is 24.0 Å². The van der Waals surface area contributed by atoms with Crippen LogP contribution in [-0.4, -0.2) is 53.9 Å². The third kappa shape index (κ3) is 6.28. The molecule has 1 aliphatic rings. The van der Waals surface area contributed by atoms with Crippen molar-refractivity contribution in [1.82, 2.24) is 25.3 Å². The first-order chi connectivity index (χ1) is 12.3. The summed E-state index contributed by atoms with van der Waals surface area (Å²) in [5.74, 6) is 0.849. The molecule has 0 atom stereocenters. The molecule has 3 rings (SSSR count). The molecule has 2 heterocycles. The standard InChI is InChI=1S/C19H28N6.HI/c1-20-19(21-10-14-24-11-3-2-4-12-24)22-16-17-7-5-8-18(15-17)25-13-6-9-23-25;/h5-9,13,15H,2-4,10-12,14,16H2,1H3,(H2,20,21,22);1H. The number of aromatic nitrogens is 2. The van der Waals surface area contributed by atoms with Crippen molar-refractivity contribution in [3.8, 4) is 5.69 Å². The van der Waals surface area contributed by atoms with Crippen molar-refractivity contribution in [3.05, 3.63) is 48.3 Å². The molecule has 0 amide bonds. The summed E-state index contributed by atoms with van der Waals surface area (Å²) in [6, 6.07) is 10.3. The second-order valence-corrected chi connectivity index (χ2v) is 6.38. The van der Waals surface area contributed by atoms with Gasteiger partial charge in [0.2, 0.25) is 0 Å². The van der Waals surface area contributed by atoms with Crippen LogP contribution in [0.5, 0.6) is 0 Å². The Labute approximate surface area is 173 Å². The van der Waals surface area contributed by atoms with Crippen LogP contribution in [0.3, 0.4) is 0 Å². The maximum Gasteiger partial charge on any atom is 0.191 e. The molecule has 0 unspecified atom stereocenters. The van der Waals surface area contributed by atoms with E-state index in [0.717, 1.165) is 31.3 Å². The average Bonchev–Trinajstić information content (AvgIpc) is 3.20. The Morgan fingerprint density at radius 1 is 1.15 bits per heavy atom. The van der Waals surface area contributed by atoms with Gasteiger partial charge in [0.05, 0.1) is 5.69 Å². The molecule has 2 N–H and O–H groups in total. The highest BCUT2D eigenvalue weighted by atomic mass is 127. The van der Waals surface area contributed by atoms with Crippen molar-refractivity contribution >= 4 is 29.9 Å². The number of piperidine rings is 1. The number of nitrogens with one attached hydrogen (secondary N) is 2. The summed E-state index contributed by atoms with van der Waals surface area (Å²) in [6.07, 6.45) is 7.79. The predicted octanol–water partition coefficient (Wildman–Crippen LogP) is 2.64. The predicted molar refractivity (Wildman–Crippen MR) is 117 cm³/mol. The summed E-state index contributed by atoms with van der Waals surface area (Å²) in [6.45, 7) is 5.20. The number of rotatable bonds is 6. The van der Waals surface area contributed by atoms with Crippen LogP contribution < -0.4 is 10.6 Å². The largest absolute Gasteiger partial charge is 0.355 e. The number of likely N-dealkylation sites (tertiary alicyclic amines) is 1. The Morgan fingerprint density at radius 3 is 2.73 bits per heavy atom. The highest BCUT2D eigenvalue weighted by molar-refractivity contribution is 14.0. The Morgan fingerprint density at radius 2 is 2.00 bits per heavy atom. The van der Waals surface area contributed by atoms with Crippen molar-refractivity contribution in [2.24, 2.45) is 4.99 Å². The molecule has 1 saturated heterocycles. The quantitative estimate of drug-likeness (QED) is 0.389. The monoisotopic (exact) mass is 468 g/mol. The zero-order chi connectivity index (χ0) is 17.3.